The second kappa shape index (κ2) is 8.99. The van der Waals surface area contributed by atoms with Gasteiger partial charge in [-0.3, -0.25) is 15.5 Å². The highest BCUT2D eigenvalue weighted by molar-refractivity contribution is 14.1. The molecule has 134 valence electrons. The molecule has 3 rings (SSSR count). The Balaban J connectivity index is 1.84. The summed E-state index contributed by atoms with van der Waals surface area (Å²) < 4.78 is 1.13. The number of anilines is 1. The summed E-state index contributed by atoms with van der Waals surface area (Å²) in [5.41, 5.74) is 5.10. The average molecular weight is 471 g/mol. The van der Waals surface area contributed by atoms with Crippen LogP contribution in [-0.2, 0) is 0 Å². The number of hydrazone groups is 1. The number of nitro groups is 1. The maximum atomic E-state index is 10.7. The van der Waals surface area contributed by atoms with Gasteiger partial charge < -0.3 is 0 Å². The van der Waals surface area contributed by atoms with Crippen molar-refractivity contribution in [1.29, 1.82) is 0 Å². The lowest BCUT2D eigenvalue weighted by Gasteiger charge is -2.03. The highest BCUT2D eigenvalue weighted by Gasteiger charge is 2.05. The van der Waals surface area contributed by atoms with Gasteiger partial charge in [-0.05, 0) is 59.0 Å². The minimum absolute atomic E-state index is 0.00581. The minimum Gasteiger partial charge on any atom is -0.276 e. The largest absolute Gasteiger partial charge is 0.276 e. The van der Waals surface area contributed by atoms with E-state index in [1.54, 1.807) is 0 Å². The fourth-order valence-electron chi connectivity index (χ4n) is 2.12. The molecule has 0 unspecified atom stereocenters. The van der Waals surface area contributed by atoms with Gasteiger partial charge in [0, 0.05) is 21.3 Å². The van der Waals surface area contributed by atoms with E-state index >= 15 is 0 Å². The van der Waals surface area contributed by atoms with Gasteiger partial charge in [0.25, 0.3) is 5.69 Å². The number of halogens is 1. The molecule has 0 aromatic heterocycles. The van der Waals surface area contributed by atoms with Crippen LogP contribution in [0.25, 0.3) is 0 Å². The first-order chi connectivity index (χ1) is 13.1. The maximum Gasteiger partial charge on any atom is 0.269 e. The summed E-state index contributed by atoms with van der Waals surface area (Å²) in [7, 11) is 0. The van der Waals surface area contributed by atoms with E-state index in [9.17, 15) is 10.1 Å². The van der Waals surface area contributed by atoms with E-state index in [0.717, 1.165) is 14.8 Å². The summed E-state index contributed by atoms with van der Waals surface area (Å²) in [5.74, 6) is 0.396. The molecule has 0 radical (unpaired) electrons. The Morgan fingerprint density at radius 1 is 0.926 bits per heavy atom. The molecular weight excluding hydrogens is 457 g/mol. The number of nitro benzene ring substituents is 1. The van der Waals surface area contributed by atoms with Crippen molar-refractivity contribution in [3.63, 3.8) is 0 Å². The molecule has 0 aliphatic rings. The Kier molecular flexibility index (Phi) is 6.21. The van der Waals surface area contributed by atoms with Crippen LogP contribution < -0.4 is 5.43 Å². The standard InChI is InChI=1S/C19H14IN5O2/c20-15-6-8-16(9-7-15)21-23-19(14-4-2-1-3-5-14)24-22-17-10-12-18(13-11-17)25(26)27/h1-13,21H/b23-19-,24-22?. The second-order valence-corrected chi connectivity index (χ2v) is 6.64. The van der Waals surface area contributed by atoms with E-state index in [1.165, 1.54) is 24.3 Å². The monoisotopic (exact) mass is 471 g/mol. The summed E-state index contributed by atoms with van der Waals surface area (Å²) in [6.07, 6.45) is 0. The van der Waals surface area contributed by atoms with Crippen molar-refractivity contribution < 1.29 is 4.92 Å². The number of hydrogen-bond acceptors (Lipinski definition) is 5. The van der Waals surface area contributed by atoms with Gasteiger partial charge in [-0.25, -0.2) is 0 Å². The molecule has 0 spiro atoms. The van der Waals surface area contributed by atoms with Gasteiger partial charge in [0.2, 0.25) is 5.84 Å². The lowest BCUT2D eigenvalue weighted by Crippen LogP contribution is -2.01. The zero-order chi connectivity index (χ0) is 19.1. The number of nitrogens with zero attached hydrogens (tertiary/aromatic N) is 4. The van der Waals surface area contributed by atoms with Crippen molar-refractivity contribution in [2.24, 2.45) is 15.3 Å². The van der Waals surface area contributed by atoms with Crippen LogP contribution in [0, 0.1) is 13.7 Å². The molecule has 0 saturated carbocycles. The molecule has 1 N–H and O–H groups in total. The predicted molar refractivity (Wildman–Crippen MR) is 113 cm³/mol. The SMILES string of the molecule is O=[N+]([O-])c1ccc(N=N/C(=N\Nc2ccc(I)cc2)c2ccccc2)cc1. The molecule has 3 aromatic rings. The molecule has 0 aliphatic heterocycles. The van der Waals surface area contributed by atoms with Crippen molar-refractivity contribution in [1.82, 2.24) is 0 Å². The van der Waals surface area contributed by atoms with Gasteiger partial charge >= 0.3 is 0 Å². The summed E-state index contributed by atoms with van der Waals surface area (Å²) in [5, 5.41) is 23.4. The summed E-state index contributed by atoms with van der Waals surface area (Å²) in [6, 6.07) is 23.1. The number of hydrogen-bond donors (Lipinski definition) is 1. The fourth-order valence-corrected chi connectivity index (χ4v) is 2.48. The first-order valence-electron chi connectivity index (χ1n) is 7.93. The summed E-state index contributed by atoms with van der Waals surface area (Å²) in [6.45, 7) is 0. The smallest absolute Gasteiger partial charge is 0.269 e. The molecule has 0 heterocycles. The number of rotatable bonds is 5. The van der Waals surface area contributed by atoms with Gasteiger partial charge in [-0.1, -0.05) is 30.3 Å². The topological polar surface area (TPSA) is 92.2 Å². The predicted octanol–water partition coefficient (Wildman–Crippen LogP) is 5.76. The normalized spacial score (nSPS) is 11.5. The van der Waals surface area contributed by atoms with Gasteiger partial charge in [0.1, 0.15) is 0 Å². The van der Waals surface area contributed by atoms with Crippen LogP contribution >= 0.6 is 22.6 Å². The van der Waals surface area contributed by atoms with Crippen LogP contribution in [0.2, 0.25) is 0 Å². The molecular formula is C19H14IN5O2. The van der Waals surface area contributed by atoms with E-state index in [0.29, 0.717) is 11.5 Å². The molecule has 3 aromatic carbocycles. The van der Waals surface area contributed by atoms with Gasteiger partial charge in [-0.15, -0.1) is 10.2 Å². The Bertz CT molecular complexity index is 971. The Morgan fingerprint density at radius 2 is 1.59 bits per heavy atom. The third kappa shape index (κ3) is 5.42. The maximum absolute atomic E-state index is 10.7. The van der Waals surface area contributed by atoms with Crippen LogP contribution in [0.5, 0.6) is 0 Å². The van der Waals surface area contributed by atoms with Crippen LogP contribution in [-0.4, -0.2) is 10.8 Å². The Hall–Kier alpha value is -3.14. The number of benzene rings is 3. The molecule has 27 heavy (non-hydrogen) atoms. The molecule has 7 nitrogen and oxygen atoms in total. The van der Waals surface area contributed by atoms with Crippen molar-refractivity contribution in [2.45, 2.75) is 0 Å². The molecule has 0 fully saturated rings. The minimum atomic E-state index is -0.456. The average Bonchev–Trinajstić information content (AvgIpc) is 2.70. The Labute approximate surface area is 169 Å². The van der Waals surface area contributed by atoms with Crippen molar-refractivity contribution >= 4 is 45.5 Å². The molecule has 8 heteroatoms. The van der Waals surface area contributed by atoms with Crippen molar-refractivity contribution in [3.05, 3.63) is 98.1 Å². The third-order valence-electron chi connectivity index (χ3n) is 3.49. The van der Waals surface area contributed by atoms with Crippen LogP contribution in [0.3, 0.4) is 0 Å². The number of azo groups is 1. The number of nitrogens with one attached hydrogen (secondary N) is 1. The van der Waals surface area contributed by atoms with E-state index < -0.39 is 4.92 Å². The van der Waals surface area contributed by atoms with Gasteiger partial charge in [0.05, 0.1) is 16.3 Å². The van der Waals surface area contributed by atoms with Crippen LogP contribution in [0.4, 0.5) is 17.1 Å². The lowest BCUT2D eigenvalue weighted by molar-refractivity contribution is -0.384. The highest BCUT2D eigenvalue weighted by atomic mass is 127. The van der Waals surface area contributed by atoms with E-state index in [-0.39, 0.29) is 5.69 Å². The molecule has 0 saturated heterocycles. The number of non-ortho nitro benzene ring substituents is 1. The van der Waals surface area contributed by atoms with Crippen LogP contribution in [0.15, 0.2) is 94.2 Å². The summed E-state index contributed by atoms with van der Waals surface area (Å²) in [4.78, 5) is 10.3. The zero-order valence-corrected chi connectivity index (χ0v) is 16.1. The molecule has 0 atom stereocenters. The number of amidine groups is 1. The summed E-state index contributed by atoms with van der Waals surface area (Å²) >= 11 is 2.23. The Morgan fingerprint density at radius 3 is 2.22 bits per heavy atom. The first kappa shape index (κ1) is 18.6. The first-order valence-corrected chi connectivity index (χ1v) is 9.00. The van der Waals surface area contributed by atoms with Crippen molar-refractivity contribution in [3.8, 4) is 0 Å². The zero-order valence-electron chi connectivity index (χ0n) is 14.0. The fraction of sp³-hybridized carbons (Fsp3) is 0. The van der Waals surface area contributed by atoms with Crippen LogP contribution in [0.1, 0.15) is 5.56 Å². The van der Waals surface area contributed by atoms with Crippen molar-refractivity contribution in [2.75, 3.05) is 5.43 Å². The van der Waals surface area contributed by atoms with Gasteiger partial charge in [0.15, 0.2) is 0 Å². The van der Waals surface area contributed by atoms with E-state index in [1.807, 2.05) is 54.6 Å². The third-order valence-corrected chi connectivity index (χ3v) is 4.21. The lowest BCUT2D eigenvalue weighted by atomic mass is 10.2. The van der Waals surface area contributed by atoms with Gasteiger partial charge in [-0.2, -0.15) is 5.10 Å². The molecule has 0 amide bonds. The van der Waals surface area contributed by atoms with E-state index in [4.69, 9.17) is 0 Å². The highest BCUT2D eigenvalue weighted by Crippen LogP contribution is 2.19. The van der Waals surface area contributed by atoms with E-state index in [2.05, 4.69) is 43.3 Å². The molecule has 0 bridgehead atoms. The molecule has 0 aliphatic carbocycles. The second-order valence-electron chi connectivity index (χ2n) is 5.39. The quantitative estimate of drug-likeness (QED) is 0.128.